The number of hydrogen-bond donors (Lipinski definition) is 1. The third-order valence-electron chi connectivity index (χ3n) is 6.30. The number of ether oxygens (including phenoxy) is 1. The Kier molecular flexibility index (Phi) is 6.03. The minimum atomic E-state index is -0.192. The molecule has 1 aliphatic rings. The molecule has 0 bridgehead atoms. The summed E-state index contributed by atoms with van der Waals surface area (Å²) in [5.74, 6) is 0.971. The zero-order chi connectivity index (χ0) is 21.4. The number of aromatic nitrogens is 1. The minimum Gasteiger partial charge on any atom is -0.497 e. The van der Waals surface area contributed by atoms with Crippen LogP contribution in [0.2, 0.25) is 0 Å². The van der Waals surface area contributed by atoms with Gasteiger partial charge in [-0.15, -0.1) is 0 Å². The maximum absolute atomic E-state index is 13.2. The van der Waals surface area contributed by atoms with E-state index in [4.69, 9.17) is 4.74 Å². The molecule has 1 aliphatic carbocycles. The molecule has 4 nitrogen and oxygen atoms in total. The Balaban J connectivity index is 2.04. The summed E-state index contributed by atoms with van der Waals surface area (Å²) in [6, 6.07) is 6.12. The first-order chi connectivity index (χ1) is 13.6. The van der Waals surface area contributed by atoms with Gasteiger partial charge in [-0.2, -0.15) is 0 Å². The lowest BCUT2D eigenvalue weighted by atomic mass is 9.76. The summed E-state index contributed by atoms with van der Waals surface area (Å²) in [6.45, 7) is 14.1. The number of hydrogen-bond acceptors (Lipinski definition) is 2. The molecule has 0 saturated carbocycles. The molecular formula is C25H38N2O2. The molecule has 1 aromatic heterocycles. The summed E-state index contributed by atoms with van der Waals surface area (Å²) >= 11 is 0. The number of benzene rings is 1. The van der Waals surface area contributed by atoms with E-state index in [1.165, 1.54) is 23.1 Å². The first kappa shape index (κ1) is 21.7. The Morgan fingerprint density at radius 3 is 2.66 bits per heavy atom. The van der Waals surface area contributed by atoms with Crippen molar-refractivity contribution in [2.75, 3.05) is 13.7 Å². The number of fused-ring (bicyclic) bond motifs is 3. The monoisotopic (exact) mass is 398 g/mol. The lowest BCUT2D eigenvalue weighted by molar-refractivity contribution is -0.124. The lowest BCUT2D eigenvalue weighted by Crippen LogP contribution is -2.35. The van der Waals surface area contributed by atoms with Crippen molar-refractivity contribution in [3.05, 3.63) is 29.5 Å². The smallest absolute Gasteiger partial charge is 0.243 e. The molecule has 160 valence electrons. The van der Waals surface area contributed by atoms with Gasteiger partial charge in [0, 0.05) is 23.7 Å². The molecule has 3 rings (SSSR count). The van der Waals surface area contributed by atoms with E-state index in [9.17, 15) is 4.79 Å². The molecule has 0 saturated heterocycles. The fraction of sp³-hybridized carbons (Fsp3) is 0.640. The molecule has 1 unspecified atom stereocenters. The highest BCUT2D eigenvalue weighted by molar-refractivity contribution is 5.90. The highest BCUT2D eigenvalue weighted by atomic mass is 16.5. The SMILES string of the molecule is CCC(C(=O)NCCC(C)(C)C)n1c2c(c3ccc(OC)cc31)CCC(C)(C)C2. The van der Waals surface area contributed by atoms with E-state index in [2.05, 4.69) is 63.6 Å². The number of carbonyl (C=O) groups is 1. The normalized spacial score (nSPS) is 17.1. The van der Waals surface area contributed by atoms with Gasteiger partial charge in [-0.1, -0.05) is 41.5 Å². The molecule has 1 heterocycles. The number of nitrogens with one attached hydrogen (secondary N) is 1. The van der Waals surface area contributed by atoms with Crippen LogP contribution in [-0.4, -0.2) is 24.1 Å². The number of aryl methyl sites for hydroxylation is 1. The van der Waals surface area contributed by atoms with E-state index in [0.717, 1.165) is 43.5 Å². The van der Waals surface area contributed by atoms with Crippen LogP contribution in [0.1, 0.15) is 78.1 Å². The number of methoxy groups -OCH3 is 1. The molecule has 2 aromatic rings. The first-order valence-electron chi connectivity index (χ1n) is 11.0. The van der Waals surface area contributed by atoms with Crippen molar-refractivity contribution in [3.8, 4) is 5.75 Å². The largest absolute Gasteiger partial charge is 0.497 e. The molecule has 4 heteroatoms. The predicted molar refractivity (Wildman–Crippen MR) is 121 cm³/mol. The Morgan fingerprint density at radius 1 is 1.31 bits per heavy atom. The molecule has 1 amide bonds. The third-order valence-corrected chi connectivity index (χ3v) is 6.30. The second-order valence-corrected chi connectivity index (χ2v) is 10.5. The van der Waals surface area contributed by atoms with Crippen LogP contribution in [0.4, 0.5) is 0 Å². The topological polar surface area (TPSA) is 43.3 Å². The van der Waals surface area contributed by atoms with E-state index >= 15 is 0 Å². The Bertz CT molecular complexity index is 886. The van der Waals surface area contributed by atoms with E-state index in [0.29, 0.717) is 0 Å². The molecule has 0 fully saturated rings. The Hall–Kier alpha value is -1.97. The summed E-state index contributed by atoms with van der Waals surface area (Å²) in [7, 11) is 1.70. The number of amides is 1. The lowest BCUT2D eigenvalue weighted by Gasteiger charge is -2.32. The van der Waals surface area contributed by atoms with Gasteiger partial charge in [0.2, 0.25) is 5.91 Å². The number of nitrogens with zero attached hydrogens (tertiary/aromatic N) is 1. The van der Waals surface area contributed by atoms with Crippen LogP contribution in [0.25, 0.3) is 10.9 Å². The van der Waals surface area contributed by atoms with Gasteiger partial charge in [-0.05, 0) is 60.6 Å². The average Bonchev–Trinajstić information content (AvgIpc) is 2.93. The fourth-order valence-electron chi connectivity index (χ4n) is 4.53. The molecule has 0 radical (unpaired) electrons. The predicted octanol–water partition coefficient (Wildman–Crippen LogP) is 5.67. The molecule has 1 atom stereocenters. The van der Waals surface area contributed by atoms with E-state index in [-0.39, 0.29) is 22.8 Å². The molecule has 0 aliphatic heterocycles. The van der Waals surface area contributed by atoms with Crippen molar-refractivity contribution in [2.45, 2.75) is 79.7 Å². The summed E-state index contributed by atoms with van der Waals surface area (Å²) in [5.41, 5.74) is 4.35. The van der Waals surface area contributed by atoms with Crippen LogP contribution in [0.15, 0.2) is 18.2 Å². The van der Waals surface area contributed by atoms with Gasteiger partial charge in [0.15, 0.2) is 0 Å². The van der Waals surface area contributed by atoms with Gasteiger partial charge < -0.3 is 14.6 Å². The molecule has 0 spiro atoms. The van der Waals surface area contributed by atoms with Gasteiger partial charge in [-0.3, -0.25) is 4.79 Å². The number of carbonyl (C=O) groups excluding carboxylic acids is 1. The third kappa shape index (κ3) is 4.62. The van der Waals surface area contributed by atoms with Gasteiger partial charge in [0.25, 0.3) is 0 Å². The van der Waals surface area contributed by atoms with Gasteiger partial charge in [-0.25, -0.2) is 0 Å². The van der Waals surface area contributed by atoms with Crippen molar-refractivity contribution in [2.24, 2.45) is 10.8 Å². The van der Waals surface area contributed by atoms with Crippen LogP contribution < -0.4 is 10.1 Å². The Morgan fingerprint density at radius 2 is 2.03 bits per heavy atom. The van der Waals surface area contributed by atoms with Crippen LogP contribution in [0.3, 0.4) is 0 Å². The van der Waals surface area contributed by atoms with Gasteiger partial charge in [0.1, 0.15) is 11.8 Å². The van der Waals surface area contributed by atoms with Gasteiger partial charge in [0.05, 0.1) is 12.6 Å². The molecule has 1 N–H and O–H groups in total. The van der Waals surface area contributed by atoms with Crippen LogP contribution in [0, 0.1) is 10.8 Å². The minimum absolute atomic E-state index is 0.127. The molecule has 1 aromatic carbocycles. The number of rotatable bonds is 6. The highest BCUT2D eigenvalue weighted by Crippen LogP contribution is 2.42. The van der Waals surface area contributed by atoms with E-state index in [1.54, 1.807) is 7.11 Å². The van der Waals surface area contributed by atoms with Crippen LogP contribution in [0.5, 0.6) is 5.75 Å². The quantitative estimate of drug-likeness (QED) is 0.681. The fourth-order valence-corrected chi connectivity index (χ4v) is 4.53. The first-order valence-corrected chi connectivity index (χ1v) is 11.0. The van der Waals surface area contributed by atoms with Crippen molar-refractivity contribution < 1.29 is 9.53 Å². The average molecular weight is 399 g/mol. The summed E-state index contributed by atoms with van der Waals surface area (Å²) in [6.07, 6.45) is 5.00. The van der Waals surface area contributed by atoms with Crippen molar-refractivity contribution in [3.63, 3.8) is 0 Å². The van der Waals surface area contributed by atoms with Crippen molar-refractivity contribution >= 4 is 16.8 Å². The zero-order valence-corrected chi connectivity index (χ0v) is 19.3. The molecule has 29 heavy (non-hydrogen) atoms. The second-order valence-electron chi connectivity index (χ2n) is 10.5. The Labute approximate surface area is 176 Å². The standard InChI is InChI=1S/C25H38N2O2/c1-8-20(23(28)26-14-13-24(2,3)4)27-21-15-17(29-7)9-10-18(21)19-11-12-25(5,6)16-22(19)27/h9-10,15,20H,8,11-14,16H2,1-7H3,(H,26,28). The zero-order valence-electron chi connectivity index (χ0n) is 19.3. The van der Waals surface area contributed by atoms with Crippen molar-refractivity contribution in [1.82, 2.24) is 9.88 Å². The van der Waals surface area contributed by atoms with Crippen LogP contribution in [-0.2, 0) is 17.6 Å². The maximum Gasteiger partial charge on any atom is 0.243 e. The highest BCUT2D eigenvalue weighted by Gasteiger charge is 2.33. The summed E-state index contributed by atoms with van der Waals surface area (Å²) in [5, 5.41) is 4.48. The summed E-state index contributed by atoms with van der Waals surface area (Å²) < 4.78 is 7.83. The second kappa shape index (κ2) is 8.04. The van der Waals surface area contributed by atoms with E-state index < -0.39 is 0 Å². The maximum atomic E-state index is 13.2. The van der Waals surface area contributed by atoms with Gasteiger partial charge >= 0.3 is 0 Å². The summed E-state index contributed by atoms with van der Waals surface area (Å²) in [4.78, 5) is 13.2. The van der Waals surface area contributed by atoms with E-state index in [1.807, 2.05) is 6.07 Å². The molecular weight excluding hydrogens is 360 g/mol. The van der Waals surface area contributed by atoms with Crippen molar-refractivity contribution in [1.29, 1.82) is 0 Å². The van der Waals surface area contributed by atoms with Crippen LogP contribution >= 0.6 is 0 Å².